The Balaban J connectivity index is 1.76. The summed E-state index contributed by atoms with van der Waals surface area (Å²) in [6, 6.07) is 3.75. The number of amides is 1. The molecule has 112 valence electrons. The van der Waals surface area contributed by atoms with Gasteiger partial charge in [-0.1, -0.05) is 6.07 Å². The molecule has 1 heterocycles. The van der Waals surface area contributed by atoms with Crippen molar-refractivity contribution in [3.05, 3.63) is 29.6 Å². The molecule has 21 heavy (non-hydrogen) atoms. The molecule has 1 aliphatic carbocycles. The average molecular weight is 292 g/mol. The number of carbonyl (C=O) groups excluding carboxylic acids is 1. The van der Waals surface area contributed by atoms with Gasteiger partial charge in [-0.05, 0) is 49.9 Å². The lowest BCUT2D eigenvalue weighted by atomic mass is 9.91. The third-order valence-electron chi connectivity index (χ3n) is 4.60. The van der Waals surface area contributed by atoms with Crippen LogP contribution in [0.4, 0.5) is 10.1 Å². The SMILES string of the molecule is O=C(O)c1cccc(F)c1NC(=O)C1CC12CCNCC2. The molecular weight excluding hydrogens is 275 g/mol. The molecule has 2 aliphatic rings. The normalized spacial score (nSPS) is 22.8. The first-order valence-electron chi connectivity index (χ1n) is 7.07. The molecule has 1 saturated heterocycles. The summed E-state index contributed by atoms with van der Waals surface area (Å²) in [5.41, 5.74) is -0.418. The molecule has 0 aromatic heterocycles. The van der Waals surface area contributed by atoms with E-state index in [1.807, 2.05) is 0 Å². The highest BCUT2D eigenvalue weighted by atomic mass is 19.1. The van der Waals surface area contributed by atoms with Gasteiger partial charge in [-0.15, -0.1) is 0 Å². The Morgan fingerprint density at radius 1 is 1.33 bits per heavy atom. The van der Waals surface area contributed by atoms with Crippen molar-refractivity contribution < 1.29 is 19.1 Å². The van der Waals surface area contributed by atoms with Crippen LogP contribution in [0.5, 0.6) is 0 Å². The van der Waals surface area contributed by atoms with Gasteiger partial charge in [0.05, 0.1) is 11.3 Å². The molecule has 3 rings (SSSR count). The molecule has 1 amide bonds. The number of benzene rings is 1. The van der Waals surface area contributed by atoms with Crippen LogP contribution >= 0.6 is 0 Å². The van der Waals surface area contributed by atoms with Crippen LogP contribution in [0.3, 0.4) is 0 Å². The first-order valence-corrected chi connectivity index (χ1v) is 7.07. The minimum atomic E-state index is -1.25. The molecule has 5 nitrogen and oxygen atoms in total. The number of hydrogen-bond donors (Lipinski definition) is 3. The Hall–Kier alpha value is -1.95. The van der Waals surface area contributed by atoms with Crippen molar-refractivity contribution in [3.63, 3.8) is 0 Å². The van der Waals surface area contributed by atoms with Crippen molar-refractivity contribution in [2.24, 2.45) is 11.3 Å². The van der Waals surface area contributed by atoms with Gasteiger partial charge in [0.2, 0.25) is 5.91 Å². The molecule has 0 bridgehead atoms. The molecule has 0 radical (unpaired) electrons. The largest absolute Gasteiger partial charge is 0.478 e. The van der Waals surface area contributed by atoms with E-state index in [-0.39, 0.29) is 28.5 Å². The second-order valence-electron chi connectivity index (χ2n) is 5.83. The molecular formula is C15H17FN2O3. The van der Waals surface area contributed by atoms with Gasteiger partial charge in [0.1, 0.15) is 5.82 Å². The molecule has 1 aliphatic heterocycles. The van der Waals surface area contributed by atoms with Crippen molar-refractivity contribution in [1.82, 2.24) is 5.32 Å². The van der Waals surface area contributed by atoms with Crippen LogP contribution in [0.2, 0.25) is 0 Å². The van der Waals surface area contributed by atoms with Crippen LogP contribution in [0, 0.1) is 17.2 Å². The van der Waals surface area contributed by atoms with E-state index in [2.05, 4.69) is 10.6 Å². The Kier molecular flexibility index (Phi) is 3.41. The Bertz CT molecular complexity index is 597. The van der Waals surface area contributed by atoms with Gasteiger partial charge in [-0.3, -0.25) is 4.79 Å². The number of piperidine rings is 1. The summed E-state index contributed by atoms with van der Waals surface area (Å²) < 4.78 is 13.8. The lowest BCUT2D eigenvalue weighted by Crippen LogP contribution is -2.32. The predicted molar refractivity (Wildman–Crippen MR) is 74.6 cm³/mol. The fourth-order valence-electron chi connectivity index (χ4n) is 3.24. The van der Waals surface area contributed by atoms with Crippen molar-refractivity contribution >= 4 is 17.6 Å². The third-order valence-corrected chi connectivity index (χ3v) is 4.60. The van der Waals surface area contributed by atoms with Crippen molar-refractivity contribution in [3.8, 4) is 0 Å². The minimum Gasteiger partial charge on any atom is -0.478 e. The van der Waals surface area contributed by atoms with Crippen molar-refractivity contribution in [2.75, 3.05) is 18.4 Å². The summed E-state index contributed by atoms with van der Waals surface area (Å²) in [6.07, 6.45) is 2.68. The molecule has 2 fully saturated rings. The monoisotopic (exact) mass is 292 g/mol. The predicted octanol–water partition coefficient (Wildman–Crippen LogP) is 1.85. The topological polar surface area (TPSA) is 78.4 Å². The Morgan fingerprint density at radius 3 is 2.71 bits per heavy atom. The fraction of sp³-hybridized carbons (Fsp3) is 0.467. The van der Waals surface area contributed by atoms with E-state index >= 15 is 0 Å². The lowest BCUT2D eigenvalue weighted by Gasteiger charge is -2.23. The van der Waals surface area contributed by atoms with Crippen LogP contribution in [0.1, 0.15) is 29.6 Å². The molecule has 1 aromatic carbocycles. The van der Waals surface area contributed by atoms with Crippen molar-refractivity contribution in [1.29, 1.82) is 0 Å². The number of rotatable bonds is 3. The fourth-order valence-corrected chi connectivity index (χ4v) is 3.24. The summed E-state index contributed by atoms with van der Waals surface area (Å²) in [4.78, 5) is 23.4. The van der Waals surface area contributed by atoms with Crippen LogP contribution < -0.4 is 10.6 Å². The van der Waals surface area contributed by atoms with Gasteiger partial charge in [0, 0.05) is 5.92 Å². The zero-order valence-corrected chi connectivity index (χ0v) is 11.5. The summed E-state index contributed by atoms with van der Waals surface area (Å²) in [5.74, 6) is -2.38. The average Bonchev–Trinajstić information content (AvgIpc) is 3.15. The van der Waals surface area contributed by atoms with E-state index in [0.29, 0.717) is 0 Å². The summed E-state index contributed by atoms with van der Waals surface area (Å²) in [6.45, 7) is 1.79. The van der Waals surface area contributed by atoms with E-state index in [4.69, 9.17) is 5.11 Å². The van der Waals surface area contributed by atoms with Gasteiger partial charge in [-0.2, -0.15) is 0 Å². The number of nitrogens with one attached hydrogen (secondary N) is 2. The maximum absolute atomic E-state index is 13.8. The number of carboxylic acid groups (broad SMARTS) is 1. The number of aromatic carboxylic acids is 1. The molecule has 6 heteroatoms. The highest BCUT2D eigenvalue weighted by Crippen LogP contribution is 2.58. The van der Waals surface area contributed by atoms with Gasteiger partial charge < -0.3 is 15.7 Å². The highest BCUT2D eigenvalue weighted by Gasteiger charge is 2.57. The molecule has 3 N–H and O–H groups in total. The second-order valence-corrected chi connectivity index (χ2v) is 5.83. The minimum absolute atomic E-state index is 0.0317. The molecule has 1 aromatic rings. The van der Waals surface area contributed by atoms with Crippen LogP contribution in [-0.2, 0) is 4.79 Å². The van der Waals surface area contributed by atoms with E-state index in [0.717, 1.165) is 38.4 Å². The Labute approximate surface area is 121 Å². The number of para-hydroxylation sites is 1. The smallest absolute Gasteiger partial charge is 0.337 e. The summed E-state index contributed by atoms with van der Waals surface area (Å²) in [5, 5.41) is 14.8. The number of halogens is 1. The number of carbonyl (C=O) groups is 2. The maximum atomic E-state index is 13.8. The number of carboxylic acids is 1. The first kappa shape index (κ1) is 14.0. The standard InChI is InChI=1S/C15H17FN2O3/c16-11-3-1-2-9(14(20)21)12(11)18-13(19)10-8-15(10)4-6-17-7-5-15/h1-3,10,17H,4-8H2,(H,18,19)(H,20,21). The van der Waals surface area contributed by atoms with E-state index in [1.165, 1.54) is 12.1 Å². The maximum Gasteiger partial charge on any atom is 0.337 e. The number of anilines is 1. The summed E-state index contributed by atoms with van der Waals surface area (Å²) in [7, 11) is 0. The van der Waals surface area contributed by atoms with Crippen LogP contribution in [0.15, 0.2) is 18.2 Å². The molecule has 1 saturated carbocycles. The van der Waals surface area contributed by atoms with Gasteiger partial charge >= 0.3 is 5.97 Å². The van der Waals surface area contributed by atoms with Gasteiger partial charge in [-0.25, -0.2) is 9.18 Å². The Morgan fingerprint density at radius 2 is 2.05 bits per heavy atom. The first-order chi connectivity index (χ1) is 10.0. The second kappa shape index (κ2) is 5.11. The number of hydrogen-bond acceptors (Lipinski definition) is 3. The summed E-state index contributed by atoms with van der Waals surface area (Å²) >= 11 is 0. The zero-order valence-electron chi connectivity index (χ0n) is 11.5. The van der Waals surface area contributed by atoms with Gasteiger partial charge in [0.25, 0.3) is 0 Å². The lowest BCUT2D eigenvalue weighted by molar-refractivity contribution is -0.118. The van der Waals surface area contributed by atoms with Crippen LogP contribution in [0.25, 0.3) is 0 Å². The quantitative estimate of drug-likeness (QED) is 0.794. The zero-order chi connectivity index (χ0) is 15.0. The van der Waals surface area contributed by atoms with Crippen molar-refractivity contribution in [2.45, 2.75) is 19.3 Å². The van der Waals surface area contributed by atoms with E-state index in [1.54, 1.807) is 0 Å². The molecule has 1 unspecified atom stereocenters. The van der Waals surface area contributed by atoms with Crippen LogP contribution in [-0.4, -0.2) is 30.1 Å². The van der Waals surface area contributed by atoms with Gasteiger partial charge in [0.15, 0.2) is 0 Å². The highest BCUT2D eigenvalue weighted by molar-refractivity contribution is 6.02. The molecule has 1 atom stereocenters. The van der Waals surface area contributed by atoms with E-state index in [9.17, 15) is 14.0 Å². The van der Waals surface area contributed by atoms with E-state index < -0.39 is 11.8 Å². The molecule has 1 spiro atoms. The third kappa shape index (κ3) is 2.51.